The Balaban J connectivity index is 1.60. The van der Waals surface area contributed by atoms with Crippen LogP contribution in [0.2, 0.25) is 0 Å². The van der Waals surface area contributed by atoms with Gasteiger partial charge in [0.1, 0.15) is 0 Å². The summed E-state index contributed by atoms with van der Waals surface area (Å²) in [4.78, 5) is 17.4. The minimum absolute atomic E-state index is 0.0240. The summed E-state index contributed by atoms with van der Waals surface area (Å²) in [5.41, 5.74) is 3.78. The SMILES string of the molecule is Cc1cccc(CN2CCCC2C(=O)NCC(c2ccccc2)N(C)C)c1. The average molecular weight is 366 g/mol. The van der Waals surface area contributed by atoms with Crippen molar-refractivity contribution >= 4 is 5.91 Å². The molecule has 144 valence electrons. The number of likely N-dealkylation sites (tertiary alicyclic amines) is 1. The molecule has 2 atom stereocenters. The number of carbonyl (C=O) groups is 1. The number of aryl methyl sites for hydroxylation is 1. The molecule has 1 aliphatic heterocycles. The number of nitrogens with zero attached hydrogens (tertiary/aromatic N) is 2. The van der Waals surface area contributed by atoms with Gasteiger partial charge >= 0.3 is 0 Å². The molecule has 0 aromatic heterocycles. The molecule has 3 rings (SSSR count). The molecule has 0 bridgehead atoms. The zero-order valence-electron chi connectivity index (χ0n) is 16.7. The fourth-order valence-corrected chi connectivity index (χ4v) is 3.95. The zero-order valence-corrected chi connectivity index (χ0v) is 16.7. The lowest BCUT2D eigenvalue weighted by atomic mass is 10.1. The standard InChI is InChI=1S/C23H31N3O/c1-18-9-7-10-19(15-18)17-26-14-8-13-21(26)23(27)24-16-22(25(2)3)20-11-5-4-6-12-20/h4-7,9-12,15,21-22H,8,13-14,16-17H2,1-3H3,(H,24,27). The van der Waals surface area contributed by atoms with Gasteiger partial charge in [-0.3, -0.25) is 9.69 Å². The van der Waals surface area contributed by atoms with E-state index in [1.807, 2.05) is 18.2 Å². The van der Waals surface area contributed by atoms with E-state index in [2.05, 4.69) is 72.5 Å². The highest BCUT2D eigenvalue weighted by Crippen LogP contribution is 2.22. The molecule has 1 amide bonds. The first-order chi connectivity index (χ1) is 13.0. The van der Waals surface area contributed by atoms with Crippen molar-refractivity contribution in [3.8, 4) is 0 Å². The van der Waals surface area contributed by atoms with Gasteiger partial charge in [-0.25, -0.2) is 0 Å². The summed E-state index contributed by atoms with van der Waals surface area (Å²) < 4.78 is 0. The third kappa shape index (κ3) is 5.18. The molecular formula is C23H31N3O. The van der Waals surface area contributed by atoms with E-state index in [0.717, 1.165) is 25.9 Å². The third-order valence-corrected chi connectivity index (χ3v) is 5.41. The Hall–Kier alpha value is -2.17. The normalized spacial score (nSPS) is 18.6. The van der Waals surface area contributed by atoms with E-state index in [9.17, 15) is 4.79 Å². The molecule has 0 spiro atoms. The first kappa shape index (κ1) is 19.6. The van der Waals surface area contributed by atoms with Crippen LogP contribution in [0.15, 0.2) is 54.6 Å². The Morgan fingerprint density at radius 1 is 1.19 bits per heavy atom. The lowest BCUT2D eigenvalue weighted by Crippen LogP contribution is -2.45. The van der Waals surface area contributed by atoms with E-state index in [4.69, 9.17) is 0 Å². The lowest BCUT2D eigenvalue weighted by Gasteiger charge is -2.28. The van der Waals surface area contributed by atoms with Crippen LogP contribution in [0.5, 0.6) is 0 Å². The molecule has 0 radical (unpaired) electrons. The molecule has 1 heterocycles. The first-order valence-corrected chi connectivity index (χ1v) is 9.83. The van der Waals surface area contributed by atoms with E-state index < -0.39 is 0 Å². The highest BCUT2D eigenvalue weighted by atomic mass is 16.2. The number of likely N-dealkylation sites (N-methyl/N-ethyl adjacent to an activating group) is 1. The van der Waals surface area contributed by atoms with Crippen LogP contribution in [0.25, 0.3) is 0 Å². The Labute approximate surface area is 163 Å². The van der Waals surface area contributed by atoms with Gasteiger partial charge in [0.15, 0.2) is 0 Å². The molecular weight excluding hydrogens is 334 g/mol. The largest absolute Gasteiger partial charge is 0.353 e. The maximum absolute atomic E-state index is 12.9. The number of nitrogens with one attached hydrogen (secondary N) is 1. The summed E-state index contributed by atoms with van der Waals surface area (Å²) in [6.07, 6.45) is 2.02. The Bertz CT molecular complexity index is 744. The summed E-state index contributed by atoms with van der Waals surface area (Å²) in [6.45, 7) is 4.57. The minimum Gasteiger partial charge on any atom is -0.353 e. The van der Waals surface area contributed by atoms with Gasteiger partial charge in [-0.05, 0) is 51.5 Å². The van der Waals surface area contributed by atoms with E-state index in [0.29, 0.717) is 6.54 Å². The lowest BCUT2D eigenvalue weighted by molar-refractivity contribution is -0.125. The van der Waals surface area contributed by atoms with Gasteiger partial charge < -0.3 is 10.2 Å². The van der Waals surface area contributed by atoms with Crippen LogP contribution in [0.3, 0.4) is 0 Å². The van der Waals surface area contributed by atoms with Crippen LogP contribution in [-0.4, -0.2) is 48.9 Å². The van der Waals surface area contributed by atoms with Crippen LogP contribution < -0.4 is 5.32 Å². The van der Waals surface area contributed by atoms with Crippen LogP contribution in [-0.2, 0) is 11.3 Å². The predicted octanol–water partition coefficient (Wildman–Crippen LogP) is 3.38. The Morgan fingerprint density at radius 3 is 2.67 bits per heavy atom. The van der Waals surface area contributed by atoms with Gasteiger partial charge in [0.25, 0.3) is 0 Å². The molecule has 27 heavy (non-hydrogen) atoms. The fourth-order valence-electron chi connectivity index (χ4n) is 3.95. The summed E-state index contributed by atoms with van der Waals surface area (Å²) in [6, 6.07) is 19.1. The average Bonchev–Trinajstić information content (AvgIpc) is 3.10. The van der Waals surface area contributed by atoms with Crippen molar-refractivity contribution in [2.45, 2.75) is 38.4 Å². The molecule has 2 aromatic rings. The van der Waals surface area contributed by atoms with Crippen molar-refractivity contribution in [2.24, 2.45) is 0 Å². The van der Waals surface area contributed by atoms with E-state index in [1.165, 1.54) is 16.7 Å². The van der Waals surface area contributed by atoms with Crippen molar-refractivity contribution in [3.05, 3.63) is 71.3 Å². The van der Waals surface area contributed by atoms with E-state index in [-0.39, 0.29) is 18.0 Å². The molecule has 2 aromatic carbocycles. The second-order valence-corrected chi connectivity index (χ2v) is 7.75. The minimum atomic E-state index is -0.0240. The van der Waals surface area contributed by atoms with Crippen LogP contribution in [0, 0.1) is 6.92 Å². The Kier molecular flexibility index (Phi) is 6.64. The second kappa shape index (κ2) is 9.16. The van der Waals surface area contributed by atoms with Gasteiger partial charge in [0.05, 0.1) is 12.1 Å². The highest BCUT2D eigenvalue weighted by Gasteiger charge is 2.31. The molecule has 1 N–H and O–H groups in total. The number of hydrogen-bond donors (Lipinski definition) is 1. The molecule has 0 aliphatic carbocycles. The molecule has 4 heteroatoms. The van der Waals surface area contributed by atoms with Crippen molar-refractivity contribution < 1.29 is 4.79 Å². The Morgan fingerprint density at radius 2 is 1.96 bits per heavy atom. The topological polar surface area (TPSA) is 35.6 Å². The smallest absolute Gasteiger partial charge is 0.237 e. The van der Waals surface area contributed by atoms with E-state index >= 15 is 0 Å². The molecule has 0 saturated carbocycles. The first-order valence-electron chi connectivity index (χ1n) is 9.83. The van der Waals surface area contributed by atoms with Crippen LogP contribution in [0.4, 0.5) is 0 Å². The zero-order chi connectivity index (χ0) is 19.2. The second-order valence-electron chi connectivity index (χ2n) is 7.75. The number of benzene rings is 2. The number of amides is 1. The summed E-state index contributed by atoms with van der Waals surface area (Å²) in [7, 11) is 4.12. The van der Waals surface area contributed by atoms with Crippen LogP contribution >= 0.6 is 0 Å². The molecule has 4 nitrogen and oxygen atoms in total. The van der Waals surface area contributed by atoms with Gasteiger partial charge in [0, 0.05) is 13.1 Å². The van der Waals surface area contributed by atoms with Gasteiger partial charge in [-0.1, -0.05) is 60.2 Å². The monoisotopic (exact) mass is 365 g/mol. The summed E-state index contributed by atoms with van der Waals surface area (Å²) >= 11 is 0. The maximum Gasteiger partial charge on any atom is 0.237 e. The summed E-state index contributed by atoms with van der Waals surface area (Å²) in [5, 5.41) is 3.21. The van der Waals surface area contributed by atoms with E-state index in [1.54, 1.807) is 0 Å². The molecule has 1 saturated heterocycles. The van der Waals surface area contributed by atoms with Crippen LogP contribution in [0.1, 0.15) is 35.6 Å². The van der Waals surface area contributed by atoms with Crippen molar-refractivity contribution in [3.63, 3.8) is 0 Å². The molecule has 1 fully saturated rings. The highest BCUT2D eigenvalue weighted by molar-refractivity contribution is 5.82. The van der Waals surface area contributed by atoms with Crippen molar-refractivity contribution in [1.29, 1.82) is 0 Å². The molecule has 1 aliphatic rings. The maximum atomic E-state index is 12.9. The van der Waals surface area contributed by atoms with Crippen molar-refractivity contribution in [2.75, 3.05) is 27.2 Å². The number of carbonyl (C=O) groups excluding carboxylic acids is 1. The predicted molar refractivity (Wildman–Crippen MR) is 110 cm³/mol. The summed E-state index contributed by atoms with van der Waals surface area (Å²) in [5.74, 6) is 0.155. The quantitative estimate of drug-likeness (QED) is 0.817. The molecule has 2 unspecified atom stereocenters. The van der Waals surface area contributed by atoms with Gasteiger partial charge in [-0.15, -0.1) is 0 Å². The third-order valence-electron chi connectivity index (χ3n) is 5.41. The number of rotatable bonds is 7. The van der Waals surface area contributed by atoms with Crippen molar-refractivity contribution in [1.82, 2.24) is 15.1 Å². The van der Waals surface area contributed by atoms with Gasteiger partial charge in [-0.2, -0.15) is 0 Å². The fraction of sp³-hybridized carbons (Fsp3) is 0.435. The van der Waals surface area contributed by atoms with Gasteiger partial charge in [0.2, 0.25) is 5.91 Å². The number of hydrogen-bond acceptors (Lipinski definition) is 3.